The fourth-order valence-electron chi connectivity index (χ4n) is 4.69. The molecule has 1 amide bonds. The fourth-order valence-corrected chi connectivity index (χ4v) is 4.80. The Morgan fingerprint density at radius 1 is 1.11 bits per heavy atom. The van der Waals surface area contributed by atoms with Crippen molar-refractivity contribution in [1.29, 1.82) is 0 Å². The van der Waals surface area contributed by atoms with E-state index < -0.39 is 5.60 Å². The van der Waals surface area contributed by atoms with Crippen LogP contribution in [0.1, 0.15) is 40.0 Å². The molecule has 1 atom stereocenters. The lowest BCUT2D eigenvalue weighted by Crippen LogP contribution is -2.42. The van der Waals surface area contributed by atoms with Crippen LogP contribution in [0.5, 0.6) is 11.6 Å². The summed E-state index contributed by atoms with van der Waals surface area (Å²) in [7, 11) is 0. The number of ether oxygens (including phenoxy) is 3. The topological polar surface area (TPSA) is 121 Å². The third-order valence-electron chi connectivity index (χ3n) is 6.42. The van der Waals surface area contributed by atoms with Crippen molar-refractivity contribution in [3.63, 3.8) is 0 Å². The van der Waals surface area contributed by atoms with Gasteiger partial charge in [0, 0.05) is 36.6 Å². The second-order valence-electron chi connectivity index (χ2n) is 8.68. The van der Waals surface area contributed by atoms with Gasteiger partial charge in [0.25, 0.3) is 11.9 Å². The van der Waals surface area contributed by atoms with Crippen LogP contribution in [0.3, 0.4) is 0 Å². The minimum absolute atomic E-state index is 0.0884. The van der Waals surface area contributed by atoms with Gasteiger partial charge in [-0.05, 0) is 54.0 Å². The SMILES string of the molecule is NC1=NCC[C@]2(O1)c1cc(NC(=O)c3ccc(Cl)cn3)ccc1Oc1ncc(C3=CCCOC3)cc12. The maximum absolute atomic E-state index is 12.8. The molecule has 9 nitrogen and oxygen atoms in total. The van der Waals surface area contributed by atoms with Crippen molar-refractivity contribution < 1.29 is 19.0 Å². The molecule has 2 aromatic heterocycles. The van der Waals surface area contributed by atoms with Gasteiger partial charge in [-0.25, -0.2) is 15.0 Å². The first-order chi connectivity index (χ1) is 17.5. The van der Waals surface area contributed by atoms with Crippen molar-refractivity contribution in [1.82, 2.24) is 9.97 Å². The Morgan fingerprint density at radius 3 is 2.81 bits per heavy atom. The van der Waals surface area contributed by atoms with Gasteiger partial charge in [-0.1, -0.05) is 17.7 Å². The van der Waals surface area contributed by atoms with Crippen molar-refractivity contribution in [3.8, 4) is 11.6 Å². The molecule has 5 heterocycles. The first-order valence-electron chi connectivity index (χ1n) is 11.5. The molecule has 3 N–H and O–H groups in total. The van der Waals surface area contributed by atoms with Gasteiger partial charge in [0.15, 0.2) is 5.60 Å². The number of nitrogens with zero attached hydrogens (tertiary/aromatic N) is 3. The van der Waals surface area contributed by atoms with Crippen molar-refractivity contribution in [3.05, 3.63) is 82.3 Å². The van der Waals surface area contributed by atoms with Gasteiger partial charge >= 0.3 is 0 Å². The summed E-state index contributed by atoms with van der Waals surface area (Å²) in [6.45, 7) is 1.69. The van der Waals surface area contributed by atoms with E-state index in [1.165, 1.54) is 6.20 Å². The number of carbonyl (C=O) groups is 1. The van der Waals surface area contributed by atoms with E-state index in [-0.39, 0.29) is 17.6 Å². The molecule has 0 bridgehead atoms. The number of nitrogens with one attached hydrogen (secondary N) is 1. The van der Waals surface area contributed by atoms with Crippen molar-refractivity contribution in [2.24, 2.45) is 10.7 Å². The van der Waals surface area contributed by atoms with Crippen LogP contribution in [-0.2, 0) is 15.1 Å². The monoisotopic (exact) mass is 503 g/mol. The van der Waals surface area contributed by atoms with Gasteiger partial charge in [-0.2, -0.15) is 0 Å². The maximum atomic E-state index is 12.8. The Hall–Kier alpha value is -3.95. The van der Waals surface area contributed by atoms with Crippen LogP contribution in [0, 0.1) is 0 Å². The van der Waals surface area contributed by atoms with Crippen LogP contribution in [0.4, 0.5) is 5.69 Å². The Labute approximate surface area is 212 Å². The number of hydrogen-bond acceptors (Lipinski definition) is 8. The van der Waals surface area contributed by atoms with Crippen molar-refractivity contribution in [2.45, 2.75) is 18.4 Å². The van der Waals surface area contributed by atoms with Crippen molar-refractivity contribution >= 4 is 34.8 Å². The molecule has 6 rings (SSSR count). The molecule has 10 heteroatoms. The predicted octanol–water partition coefficient (Wildman–Crippen LogP) is 4.27. The molecular weight excluding hydrogens is 482 g/mol. The lowest BCUT2D eigenvalue weighted by Gasteiger charge is -2.41. The Bertz CT molecular complexity index is 1420. The molecule has 0 fully saturated rings. The summed E-state index contributed by atoms with van der Waals surface area (Å²) in [6.07, 6.45) is 6.74. The van der Waals surface area contributed by atoms with Gasteiger partial charge in [-0.15, -0.1) is 0 Å². The summed E-state index contributed by atoms with van der Waals surface area (Å²) in [6, 6.07) is 10.7. The smallest absolute Gasteiger partial charge is 0.283 e. The molecule has 0 saturated carbocycles. The van der Waals surface area contributed by atoms with Crippen LogP contribution >= 0.6 is 11.6 Å². The number of rotatable bonds is 3. The van der Waals surface area contributed by atoms with Gasteiger partial charge in [0.2, 0.25) is 5.88 Å². The molecule has 0 saturated heterocycles. The highest BCUT2D eigenvalue weighted by Crippen LogP contribution is 2.52. The number of carbonyl (C=O) groups excluding carboxylic acids is 1. The number of aromatic nitrogens is 2. The van der Waals surface area contributed by atoms with Crippen LogP contribution in [0.15, 0.2) is 59.9 Å². The molecule has 36 heavy (non-hydrogen) atoms. The number of hydrogen-bond donors (Lipinski definition) is 2. The summed E-state index contributed by atoms with van der Waals surface area (Å²) in [5.41, 5.74) is 9.38. The molecular formula is C26H22ClN5O4. The van der Waals surface area contributed by atoms with E-state index in [1.807, 2.05) is 12.1 Å². The Morgan fingerprint density at radius 2 is 2.03 bits per heavy atom. The normalized spacial score (nSPS) is 20.2. The first-order valence-corrected chi connectivity index (χ1v) is 11.9. The average Bonchev–Trinajstić information content (AvgIpc) is 2.90. The highest BCUT2D eigenvalue weighted by molar-refractivity contribution is 6.30. The van der Waals surface area contributed by atoms with Gasteiger partial charge in [0.1, 0.15) is 11.4 Å². The van der Waals surface area contributed by atoms with E-state index in [0.29, 0.717) is 48.5 Å². The average molecular weight is 504 g/mol. The maximum Gasteiger partial charge on any atom is 0.283 e. The van der Waals surface area contributed by atoms with Gasteiger partial charge in [-0.3, -0.25) is 4.79 Å². The van der Waals surface area contributed by atoms with E-state index >= 15 is 0 Å². The molecule has 3 aliphatic rings. The lowest BCUT2D eigenvalue weighted by atomic mass is 9.80. The minimum atomic E-state index is -0.979. The summed E-state index contributed by atoms with van der Waals surface area (Å²) in [5, 5.41) is 3.34. The zero-order valence-electron chi connectivity index (χ0n) is 19.2. The van der Waals surface area contributed by atoms with E-state index in [0.717, 1.165) is 28.7 Å². The van der Waals surface area contributed by atoms with E-state index in [1.54, 1.807) is 30.5 Å². The second-order valence-corrected chi connectivity index (χ2v) is 9.11. The molecule has 0 unspecified atom stereocenters. The number of nitrogens with two attached hydrogens (primary N) is 1. The zero-order chi connectivity index (χ0) is 24.7. The highest BCUT2D eigenvalue weighted by Gasteiger charge is 2.47. The molecule has 1 aromatic carbocycles. The summed E-state index contributed by atoms with van der Waals surface area (Å²) in [5.74, 6) is 0.650. The Balaban J connectivity index is 1.41. The zero-order valence-corrected chi connectivity index (χ0v) is 19.9. The lowest BCUT2D eigenvalue weighted by molar-refractivity contribution is 0.0626. The number of aliphatic imine (C=N–C) groups is 1. The second kappa shape index (κ2) is 8.92. The third-order valence-corrected chi connectivity index (χ3v) is 6.64. The fraction of sp³-hybridized carbons (Fsp3) is 0.231. The number of pyridine rings is 2. The number of fused-ring (bicyclic) bond motifs is 4. The third kappa shape index (κ3) is 3.96. The van der Waals surface area contributed by atoms with E-state index in [9.17, 15) is 4.79 Å². The number of anilines is 1. The summed E-state index contributed by atoms with van der Waals surface area (Å²) in [4.78, 5) is 25.7. The molecule has 0 aliphatic carbocycles. The summed E-state index contributed by atoms with van der Waals surface area (Å²) < 4.78 is 18.1. The van der Waals surface area contributed by atoms with Crippen molar-refractivity contribution in [2.75, 3.05) is 25.1 Å². The number of benzene rings is 1. The number of halogens is 1. The predicted molar refractivity (Wildman–Crippen MR) is 134 cm³/mol. The van der Waals surface area contributed by atoms with Crippen LogP contribution in [0.25, 0.3) is 5.57 Å². The molecule has 0 radical (unpaired) electrons. The largest absolute Gasteiger partial charge is 0.449 e. The molecule has 182 valence electrons. The number of amides is 1. The molecule has 3 aromatic rings. The van der Waals surface area contributed by atoms with E-state index in [2.05, 4.69) is 26.4 Å². The quantitative estimate of drug-likeness (QED) is 0.547. The number of amidine groups is 1. The van der Waals surface area contributed by atoms with Crippen LogP contribution in [0.2, 0.25) is 5.02 Å². The van der Waals surface area contributed by atoms with Crippen LogP contribution in [-0.4, -0.2) is 41.7 Å². The molecule has 3 aliphatic heterocycles. The minimum Gasteiger partial charge on any atom is -0.449 e. The summed E-state index contributed by atoms with van der Waals surface area (Å²) >= 11 is 5.89. The molecule has 1 spiro atoms. The first kappa shape index (κ1) is 22.5. The van der Waals surface area contributed by atoms with Gasteiger partial charge < -0.3 is 25.3 Å². The van der Waals surface area contributed by atoms with Gasteiger partial charge in [0.05, 0.1) is 23.8 Å². The van der Waals surface area contributed by atoms with E-state index in [4.69, 9.17) is 31.5 Å². The Kier molecular flexibility index (Phi) is 5.58. The highest BCUT2D eigenvalue weighted by atomic mass is 35.5. The van der Waals surface area contributed by atoms with Crippen LogP contribution < -0.4 is 15.8 Å². The standard InChI is InChI=1S/C26H22ClN5O4/c27-17-3-5-21(30-13-17)23(33)32-18-4-6-22-19(11-18)26(7-8-29-25(28)36-26)20-10-16(12-31-24(20)35-22)15-2-1-9-34-14-15/h2-6,10-13H,1,7-9,14H2,(H2,28,29)(H,32,33)/t26-/m0/s1.